The SMILES string of the molecule is COc1ccc(CN2CCc3cc(OC)c(OC)cc3[C@H]2CNC(=O)c2cccs2)cc1. The number of thiophene rings is 1. The highest BCUT2D eigenvalue weighted by atomic mass is 32.1. The molecule has 32 heavy (non-hydrogen) atoms. The molecule has 1 aromatic heterocycles. The van der Waals surface area contributed by atoms with Gasteiger partial charge in [0.1, 0.15) is 5.75 Å². The second kappa shape index (κ2) is 10.1. The maximum atomic E-state index is 12.6. The van der Waals surface area contributed by atoms with Crippen molar-refractivity contribution >= 4 is 17.2 Å². The van der Waals surface area contributed by atoms with Gasteiger partial charge < -0.3 is 19.5 Å². The third-order valence-electron chi connectivity index (χ3n) is 5.86. The van der Waals surface area contributed by atoms with Crippen molar-refractivity contribution in [1.82, 2.24) is 10.2 Å². The molecule has 1 aliphatic rings. The Morgan fingerprint density at radius 1 is 1.06 bits per heavy atom. The number of hydrogen-bond acceptors (Lipinski definition) is 6. The van der Waals surface area contributed by atoms with Crippen LogP contribution in [-0.4, -0.2) is 45.2 Å². The lowest BCUT2D eigenvalue weighted by Crippen LogP contribution is -2.41. The van der Waals surface area contributed by atoms with E-state index in [0.29, 0.717) is 12.3 Å². The molecule has 0 saturated heterocycles. The quantitative estimate of drug-likeness (QED) is 0.552. The smallest absolute Gasteiger partial charge is 0.261 e. The predicted molar refractivity (Wildman–Crippen MR) is 126 cm³/mol. The van der Waals surface area contributed by atoms with E-state index in [9.17, 15) is 4.79 Å². The first-order valence-electron chi connectivity index (χ1n) is 10.6. The number of hydrogen-bond donors (Lipinski definition) is 1. The van der Waals surface area contributed by atoms with E-state index in [-0.39, 0.29) is 11.9 Å². The second-order valence-electron chi connectivity index (χ2n) is 7.68. The van der Waals surface area contributed by atoms with Crippen LogP contribution in [0.25, 0.3) is 0 Å². The average Bonchev–Trinajstić information content (AvgIpc) is 3.38. The van der Waals surface area contributed by atoms with Crippen LogP contribution in [0, 0.1) is 0 Å². The zero-order chi connectivity index (χ0) is 22.5. The summed E-state index contributed by atoms with van der Waals surface area (Å²) in [5, 5.41) is 5.05. The summed E-state index contributed by atoms with van der Waals surface area (Å²) in [6.07, 6.45) is 0.904. The van der Waals surface area contributed by atoms with Crippen LogP contribution in [-0.2, 0) is 13.0 Å². The Kier molecular flexibility index (Phi) is 6.97. The van der Waals surface area contributed by atoms with Gasteiger partial charge in [0.2, 0.25) is 0 Å². The maximum absolute atomic E-state index is 12.6. The molecule has 168 valence electrons. The van der Waals surface area contributed by atoms with Crippen molar-refractivity contribution in [2.45, 2.75) is 19.0 Å². The van der Waals surface area contributed by atoms with E-state index in [1.807, 2.05) is 29.6 Å². The maximum Gasteiger partial charge on any atom is 0.261 e. The number of carbonyl (C=O) groups is 1. The predicted octanol–water partition coefficient (Wildman–Crippen LogP) is 4.30. The van der Waals surface area contributed by atoms with E-state index in [2.05, 4.69) is 34.5 Å². The zero-order valence-electron chi connectivity index (χ0n) is 18.6. The Morgan fingerprint density at radius 3 is 2.47 bits per heavy atom. The Hall–Kier alpha value is -3.03. The van der Waals surface area contributed by atoms with Gasteiger partial charge in [-0.3, -0.25) is 9.69 Å². The molecular formula is C25H28N2O4S. The summed E-state index contributed by atoms with van der Waals surface area (Å²) in [7, 11) is 4.97. The van der Waals surface area contributed by atoms with Crippen molar-refractivity contribution in [3.8, 4) is 17.2 Å². The summed E-state index contributed by atoms with van der Waals surface area (Å²) < 4.78 is 16.4. The number of rotatable bonds is 8. The van der Waals surface area contributed by atoms with Gasteiger partial charge in [0.25, 0.3) is 5.91 Å². The highest BCUT2D eigenvalue weighted by molar-refractivity contribution is 7.12. The molecule has 0 aliphatic carbocycles. The summed E-state index contributed by atoms with van der Waals surface area (Å²) in [5.74, 6) is 2.23. The number of carbonyl (C=O) groups excluding carboxylic acids is 1. The standard InChI is InChI=1S/C25H28N2O4S/c1-29-19-8-6-17(7-9-19)16-27-11-10-18-13-22(30-2)23(31-3)14-20(18)21(27)15-26-25(28)24-5-4-12-32-24/h4-9,12-14,21H,10-11,15-16H2,1-3H3,(H,26,28)/t21-/m1/s1. The van der Waals surface area contributed by atoms with Crippen LogP contribution in [0.3, 0.4) is 0 Å². The van der Waals surface area contributed by atoms with Crippen molar-refractivity contribution in [3.63, 3.8) is 0 Å². The molecule has 4 rings (SSSR count). The molecule has 7 heteroatoms. The van der Waals surface area contributed by atoms with Gasteiger partial charge in [0.05, 0.1) is 32.2 Å². The lowest BCUT2D eigenvalue weighted by molar-refractivity contribution is 0.0930. The van der Waals surface area contributed by atoms with Crippen LogP contribution in [0.15, 0.2) is 53.9 Å². The molecular weight excluding hydrogens is 424 g/mol. The van der Waals surface area contributed by atoms with Gasteiger partial charge >= 0.3 is 0 Å². The molecule has 1 aliphatic heterocycles. The fourth-order valence-corrected chi connectivity index (χ4v) is 4.80. The van der Waals surface area contributed by atoms with E-state index >= 15 is 0 Å². The van der Waals surface area contributed by atoms with Gasteiger partial charge in [-0.25, -0.2) is 0 Å². The Labute approximate surface area is 192 Å². The van der Waals surface area contributed by atoms with E-state index in [1.165, 1.54) is 22.5 Å². The van der Waals surface area contributed by atoms with Crippen molar-refractivity contribution < 1.29 is 19.0 Å². The lowest BCUT2D eigenvalue weighted by atomic mass is 9.91. The highest BCUT2D eigenvalue weighted by Gasteiger charge is 2.29. The van der Waals surface area contributed by atoms with Crippen molar-refractivity contribution in [2.24, 2.45) is 0 Å². The molecule has 3 aromatic rings. The average molecular weight is 453 g/mol. The molecule has 0 unspecified atom stereocenters. The molecule has 0 saturated carbocycles. The molecule has 6 nitrogen and oxygen atoms in total. The third-order valence-corrected chi connectivity index (χ3v) is 6.73. The summed E-state index contributed by atoms with van der Waals surface area (Å²) in [4.78, 5) is 15.8. The fourth-order valence-electron chi connectivity index (χ4n) is 4.16. The molecule has 2 aromatic carbocycles. The summed E-state index contributed by atoms with van der Waals surface area (Å²) >= 11 is 1.45. The number of amides is 1. The number of nitrogens with one attached hydrogen (secondary N) is 1. The summed E-state index contributed by atoms with van der Waals surface area (Å²) in [6, 6.07) is 16.0. The van der Waals surface area contributed by atoms with Crippen LogP contribution in [0.5, 0.6) is 17.2 Å². The molecule has 2 heterocycles. The highest BCUT2D eigenvalue weighted by Crippen LogP contribution is 2.38. The van der Waals surface area contributed by atoms with Crippen LogP contribution in [0.4, 0.5) is 0 Å². The number of ether oxygens (including phenoxy) is 3. The Balaban J connectivity index is 1.61. The fraction of sp³-hybridized carbons (Fsp3) is 0.320. The minimum absolute atomic E-state index is 0.0181. The lowest BCUT2D eigenvalue weighted by Gasteiger charge is -2.38. The first-order chi connectivity index (χ1) is 15.6. The summed E-state index contributed by atoms with van der Waals surface area (Å²) in [5.41, 5.74) is 3.59. The van der Waals surface area contributed by atoms with Crippen molar-refractivity contribution in [2.75, 3.05) is 34.4 Å². The number of benzene rings is 2. The Bertz CT molecular complexity index is 1050. The van der Waals surface area contributed by atoms with E-state index < -0.39 is 0 Å². The van der Waals surface area contributed by atoms with Crippen molar-refractivity contribution in [3.05, 3.63) is 75.5 Å². The summed E-state index contributed by atoms with van der Waals surface area (Å²) in [6.45, 7) is 2.17. The van der Waals surface area contributed by atoms with Gasteiger partial charge in [-0.2, -0.15) is 0 Å². The van der Waals surface area contributed by atoms with Crippen molar-refractivity contribution in [1.29, 1.82) is 0 Å². The minimum Gasteiger partial charge on any atom is -0.497 e. The first-order valence-corrected chi connectivity index (χ1v) is 11.4. The number of fused-ring (bicyclic) bond motifs is 1. The molecule has 1 amide bonds. The van der Waals surface area contributed by atoms with Crippen LogP contribution < -0.4 is 19.5 Å². The number of nitrogens with zero attached hydrogens (tertiary/aromatic N) is 1. The van der Waals surface area contributed by atoms with Gasteiger partial charge in [-0.1, -0.05) is 18.2 Å². The molecule has 1 N–H and O–H groups in total. The molecule has 0 fully saturated rings. The zero-order valence-corrected chi connectivity index (χ0v) is 19.4. The third kappa shape index (κ3) is 4.74. The molecule has 0 spiro atoms. The monoisotopic (exact) mass is 452 g/mol. The first kappa shape index (κ1) is 22.2. The van der Waals surface area contributed by atoms with E-state index in [0.717, 1.165) is 41.4 Å². The molecule has 0 radical (unpaired) electrons. The number of methoxy groups -OCH3 is 3. The molecule has 0 bridgehead atoms. The topological polar surface area (TPSA) is 60.0 Å². The van der Waals surface area contributed by atoms with E-state index in [1.54, 1.807) is 21.3 Å². The largest absolute Gasteiger partial charge is 0.497 e. The normalized spacial score (nSPS) is 15.7. The van der Waals surface area contributed by atoms with Gasteiger partial charge in [-0.05, 0) is 58.8 Å². The minimum atomic E-state index is -0.0444. The Morgan fingerprint density at radius 2 is 1.81 bits per heavy atom. The van der Waals surface area contributed by atoms with E-state index in [4.69, 9.17) is 14.2 Å². The van der Waals surface area contributed by atoms with Gasteiger partial charge in [-0.15, -0.1) is 11.3 Å². The second-order valence-corrected chi connectivity index (χ2v) is 8.63. The van der Waals surface area contributed by atoms with Gasteiger partial charge in [0.15, 0.2) is 11.5 Å². The van der Waals surface area contributed by atoms with Crippen LogP contribution in [0.1, 0.15) is 32.4 Å². The van der Waals surface area contributed by atoms with Crippen LogP contribution in [0.2, 0.25) is 0 Å². The van der Waals surface area contributed by atoms with Crippen LogP contribution >= 0.6 is 11.3 Å². The molecule has 1 atom stereocenters. The van der Waals surface area contributed by atoms with Gasteiger partial charge in [0, 0.05) is 19.6 Å².